The van der Waals surface area contributed by atoms with E-state index in [4.69, 9.17) is 9.47 Å². The molecule has 1 aliphatic rings. The van der Waals surface area contributed by atoms with Crippen molar-refractivity contribution in [2.24, 2.45) is 0 Å². The van der Waals surface area contributed by atoms with Crippen LogP contribution in [0.15, 0.2) is 42.5 Å². The van der Waals surface area contributed by atoms with Gasteiger partial charge in [0.15, 0.2) is 11.6 Å². The first-order valence-electron chi connectivity index (χ1n) is 8.64. The molecule has 1 fully saturated rings. The standard InChI is InChI=1S/C20H21FN2O4/c1-13(2)23(16-7-8-18(26-3)17(21)12-16)19(24)14-5-4-6-15(11-14)22-9-10-27-20(22)25/h4-8,11-13H,9-10H2,1-3H3. The van der Waals surface area contributed by atoms with E-state index in [1.165, 1.54) is 29.0 Å². The van der Waals surface area contributed by atoms with E-state index in [0.29, 0.717) is 30.1 Å². The third kappa shape index (κ3) is 3.72. The molecule has 1 heterocycles. The molecule has 0 bridgehead atoms. The van der Waals surface area contributed by atoms with Gasteiger partial charge in [0.25, 0.3) is 5.91 Å². The summed E-state index contributed by atoms with van der Waals surface area (Å²) in [6.45, 7) is 4.46. The Morgan fingerprint density at radius 2 is 2.04 bits per heavy atom. The molecule has 142 valence electrons. The normalized spacial score (nSPS) is 13.7. The maximum absolute atomic E-state index is 14.1. The first-order valence-corrected chi connectivity index (χ1v) is 8.64. The van der Waals surface area contributed by atoms with E-state index in [-0.39, 0.29) is 17.7 Å². The summed E-state index contributed by atoms with van der Waals surface area (Å²) in [6.07, 6.45) is -0.433. The average Bonchev–Trinajstić information content (AvgIpc) is 3.08. The van der Waals surface area contributed by atoms with Gasteiger partial charge in [0.05, 0.1) is 13.7 Å². The van der Waals surface area contributed by atoms with Crippen molar-refractivity contribution in [2.45, 2.75) is 19.9 Å². The Hall–Kier alpha value is -3.09. The van der Waals surface area contributed by atoms with Gasteiger partial charge >= 0.3 is 6.09 Å². The third-order valence-corrected chi connectivity index (χ3v) is 4.31. The van der Waals surface area contributed by atoms with Crippen molar-refractivity contribution in [3.8, 4) is 5.75 Å². The summed E-state index contributed by atoms with van der Waals surface area (Å²) in [5.41, 5.74) is 1.42. The predicted molar refractivity (Wildman–Crippen MR) is 100 cm³/mol. The first-order chi connectivity index (χ1) is 12.9. The number of hydrogen-bond acceptors (Lipinski definition) is 4. The van der Waals surface area contributed by atoms with Gasteiger partial charge in [-0.2, -0.15) is 0 Å². The van der Waals surface area contributed by atoms with Crippen molar-refractivity contribution in [1.29, 1.82) is 0 Å². The van der Waals surface area contributed by atoms with Gasteiger partial charge in [0.2, 0.25) is 0 Å². The van der Waals surface area contributed by atoms with Crippen LogP contribution in [-0.2, 0) is 4.74 Å². The number of nitrogens with zero attached hydrogens (tertiary/aromatic N) is 2. The second-order valence-corrected chi connectivity index (χ2v) is 6.40. The zero-order chi connectivity index (χ0) is 19.6. The van der Waals surface area contributed by atoms with Crippen LogP contribution < -0.4 is 14.5 Å². The van der Waals surface area contributed by atoms with Gasteiger partial charge in [-0.05, 0) is 44.2 Å². The van der Waals surface area contributed by atoms with Crippen LogP contribution in [-0.4, -0.2) is 38.3 Å². The molecule has 2 aromatic rings. The topological polar surface area (TPSA) is 59.1 Å². The summed E-state index contributed by atoms with van der Waals surface area (Å²) in [5, 5.41) is 0. The van der Waals surface area contributed by atoms with Crippen LogP contribution >= 0.6 is 0 Å². The lowest BCUT2D eigenvalue weighted by Crippen LogP contribution is -2.37. The molecule has 1 saturated heterocycles. The van der Waals surface area contributed by atoms with E-state index < -0.39 is 11.9 Å². The number of halogens is 1. The molecular formula is C20H21FN2O4. The number of benzene rings is 2. The Kier molecular flexibility index (Phi) is 5.30. The van der Waals surface area contributed by atoms with Gasteiger partial charge in [0.1, 0.15) is 6.61 Å². The monoisotopic (exact) mass is 372 g/mol. The van der Waals surface area contributed by atoms with Gasteiger partial charge in [-0.25, -0.2) is 9.18 Å². The second kappa shape index (κ2) is 7.65. The van der Waals surface area contributed by atoms with Crippen LogP contribution in [0.5, 0.6) is 5.75 Å². The Bertz CT molecular complexity index is 869. The van der Waals surface area contributed by atoms with Gasteiger partial charge in [-0.1, -0.05) is 6.07 Å². The van der Waals surface area contributed by atoms with Crippen LogP contribution in [0.2, 0.25) is 0 Å². The van der Waals surface area contributed by atoms with Crippen LogP contribution in [0.25, 0.3) is 0 Å². The summed E-state index contributed by atoms with van der Waals surface area (Å²) < 4.78 is 24.0. The molecule has 0 spiro atoms. The fourth-order valence-corrected chi connectivity index (χ4v) is 3.03. The SMILES string of the molecule is COc1ccc(N(C(=O)c2cccc(N3CCOC3=O)c2)C(C)C)cc1F. The highest BCUT2D eigenvalue weighted by Gasteiger charge is 2.26. The molecule has 0 aliphatic carbocycles. The number of carbonyl (C=O) groups excluding carboxylic acids is 2. The summed E-state index contributed by atoms with van der Waals surface area (Å²) in [4.78, 5) is 27.9. The number of rotatable bonds is 5. The van der Waals surface area contributed by atoms with Crippen molar-refractivity contribution in [3.63, 3.8) is 0 Å². The van der Waals surface area contributed by atoms with Gasteiger partial charge in [-0.3, -0.25) is 9.69 Å². The van der Waals surface area contributed by atoms with E-state index >= 15 is 0 Å². The zero-order valence-corrected chi connectivity index (χ0v) is 15.4. The average molecular weight is 372 g/mol. The predicted octanol–water partition coefficient (Wildman–Crippen LogP) is 3.85. The molecule has 6 nitrogen and oxygen atoms in total. The third-order valence-electron chi connectivity index (χ3n) is 4.31. The molecule has 2 amide bonds. The molecule has 27 heavy (non-hydrogen) atoms. The Morgan fingerprint density at radius 1 is 1.26 bits per heavy atom. The number of ether oxygens (including phenoxy) is 2. The van der Waals surface area contributed by atoms with E-state index in [1.54, 1.807) is 30.3 Å². The fourth-order valence-electron chi connectivity index (χ4n) is 3.03. The van der Waals surface area contributed by atoms with E-state index in [0.717, 1.165) is 0 Å². The largest absolute Gasteiger partial charge is 0.494 e. The highest BCUT2D eigenvalue weighted by Crippen LogP contribution is 2.27. The van der Waals surface area contributed by atoms with E-state index in [2.05, 4.69) is 0 Å². The quantitative estimate of drug-likeness (QED) is 0.800. The lowest BCUT2D eigenvalue weighted by Gasteiger charge is -2.27. The van der Waals surface area contributed by atoms with Crippen molar-refractivity contribution in [2.75, 3.05) is 30.1 Å². The smallest absolute Gasteiger partial charge is 0.414 e. The summed E-state index contributed by atoms with van der Waals surface area (Å²) in [7, 11) is 1.39. The van der Waals surface area contributed by atoms with Crippen LogP contribution in [0.1, 0.15) is 24.2 Å². The number of cyclic esters (lactones) is 1. The summed E-state index contributed by atoms with van der Waals surface area (Å²) in [6, 6.07) is 11.0. The molecule has 2 aromatic carbocycles. The molecule has 0 saturated carbocycles. The van der Waals surface area contributed by atoms with Crippen LogP contribution in [0, 0.1) is 5.82 Å². The van der Waals surface area contributed by atoms with Crippen LogP contribution in [0.3, 0.4) is 0 Å². The molecule has 0 aromatic heterocycles. The highest BCUT2D eigenvalue weighted by atomic mass is 19.1. The molecule has 0 atom stereocenters. The lowest BCUT2D eigenvalue weighted by atomic mass is 10.1. The Morgan fingerprint density at radius 3 is 2.63 bits per heavy atom. The Balaban J connectivity index is 1.94. The van der Waals surface area contributed by atoms with Crippen molar-refractivity contribution >= 4 is 23.4 Å². The number of anilines is 2. The summed E-state index contributed by atoms with van der Waals surface area (Å²) in [5.74, 6) is -0.713. The molecular weight excluding hydrogens is 351 g/mol. The maximum atomic E-state index is 14.1. The van der Waals surface area contributed by atoms with Crippen LogP contribution in [0.4, 0.5) is 20.6 Å². The molecule has 1 aliphatic heterocycles. The number of carbonyl (C=O) groups is 2. The van der Waals surface area contributed by atoms with Gasteiger partial charge in [0, 0.05) is 29.0 Å². The van der Waals surface area contributed by atoms with Gasteiger partial charge < -0.3 is 14.4 Å². The maximum Gasteiger partial charge on any atom is 0.414 e. The van der Waals surface area contributed by atoms with E-state index in [9.17, 15) is 14.0 Å². The lowest BCUT2D eigenvalue weighted by molar-refractivity contribution is 0.0980. The number of methoxy groups -OCH3 is 1. The zero-order valence-electron chi connectivity index (χ0n) is 15.4. The molecule has 0 N–H and O–H groups in total. The Labute approximate surface area is 157 Å². The molecule has 0 unspecified atom stereocenters. The molecule has 3 rings (SSSR count). The van der Waals surface area contributed by atoms with Crippen molar-refractivity contribution < 1.29 is 23.5 Å². The minimum atomic E-state index is -0.540. The minimum Gasteiger partial charge on any atom is -0.494 e. The number of hydrogen-bond donors (Lipinski definition) is 0. The highest BCUT2D eigenvalue weighted by molar-refractivity contribution is 6.07. The van der Waals surface area contributed by atoms with Crippen molar-refractivity contribution in [1.82, 2.24) is 0 Å². The van der Waals surface area contributed by atoms with Gasteiger partial charge in [-0.15, -0.1) is 0 Å². The fraction of sp³-hybridized carbons (Fsp3) is 0.300. The summed E-state index contributed by atoms with van der Waals surface area (Å²) >= 11 is 0. The number of amides is 2. The second-order valence-electron chi connectivity index (χ2n) is 6.40. The molecule has 7 heteroatoms. The van der Waals surface area contributed by atoms with E-state index in [1.807, 2.05) is 13.8 Å². The van der Waals surface area contributed by atoms with Crippen molar-refractivity contribution in [3.05, 3.63) is 53.8 Å². The minimum absolute atomic E-state index is 0.115. The first kappa shape index (κ1) is 18.7. The molecule has 0 radical (unpaired) electrons.